The second-order valence-electron chi connectivity index (χ2n) is 6.19. The maximum atomic E-state index is 6.54. The first-order valence-electron chi connectivity index (χ1n) is 7.45. The van der Waals surface area contributed by atoms with Gasteiger partial charge >= 0.3 is 0 Å². The largest absolute Gasteiger partial charge is 0.398 e. The van der Waals surface area contributed by atoms with Crippen LogP contribution in [0, 0.1) is 5.92 Å². The van der Waals surface area contributed by atoms with Crippen LogP contribution in [-0.4, -0.2) is 4.98 Å². The molecule has 0 aromatic carbocycles. The van der Waals surface area contributed by atoms with E-state index in [4.69, 9.17) is 10.7 Å². The van der Waals surface area contributed by atoms with Gasteiger partial charge in [-0.15, -0.1) is 11.3 Å². The number of aromatic nitrogens is 1. The van der Waals surface area contributed by atoms with Gasteiger partial charge in [0.15, 0.2) is 0 Å². The number of anilines is 1. The standard InChI is InChI=1S/C16H20N2S/c1-9-6-7-12-11(8-9)15(17)14-10-4-2-3-5-13(10)19-16(14)18-12/h9H,2-8H2,1H3,(H2,17,18)/t9-/m1/s1. The number of thiophene rings is 1. The lowest BCUT2D eigenvalue weighted by atomic mass is 9.85. The molecule has 4 rings (SSSR count). The molecular formula is C16H20N2S. The summed E-state index contributed by atoms with van der Waals surface area (Å²) in [5.41, 5.74) is 11.8. The highest BCUT2D eigenvalue weighted by Crippen LogP contribution is 2.42. The Bertz CT molecular complexity index is 657. The van der Waals surface area contributed by atoms with Gasteiger partial charge in [0, 0.05) is 21.6 Å². The zero-order valence-electron chi connectivity index (χ0n) is 11.5. The number of hydrogen-bond donors (Lipinski definition) is 1. The quantitative estimate of drug-likeness (QED) is 0.790. The smallest absolute Gasteiger partial charge is 0.126 e. The Morgan fingerprint density at radius 1 is 1.16 bits per heavy atom. The minimum absolute atomic E-state index is 0.753. The summed E-state index contributed by atoms with van der Waals surface area (Å²) in [5.74, 6) is 0.753. The summed E-state index contributed by atoms with van der Waals surface area (Å²) in [4.78, 5) is 7.71. The first-order valence-corrected chi connectivity index (χ1v) is 8.27. The molecule has 2 aromatic rings. The number of nitrogen functional groups attached to an aromatic ring is 1. The molecule has 2 nitrogen and oxygen atoms in total. The third-order valence-electron chi connectivity index (χ3n) is 4.76. The summed E-state index contributed by atoms with van der Waals surface area (Å²) in [6.45, 7) is 2.33. The van der Waals surface area contributed by atoms with Crippen molar-refractivity contribution in [1.82, 2.24) is 4.98 Å². The van der Waals surface area contributed by atoms with Crippen molar-refractivity contribution in [3.05, 3.63) is 21.7 Å². The fraction of sp³-hybridized carbons (Fsp3) is 0.562. The molecule has 0 saturated heterocycles. The Kier molecular flexibility index (Phi) is 2.59. The molecule has 0 unspecified atom stereocenters. The fourth-order valence-corrected chi connectivity index (χ4v) is 4.97. The normalized spacial score (nSPS) is 22.3. The lowest BCUT2D eigenvalue weighted by Gasteiger charge is -2.22. The Morgan fingerprint density at radius 2 is 2.00 bits per heavy atom. The summed E-state index contributed by atoms with van der Waals surface area (Å²) < 4.78 is 0. The zero-order chi connectivity index (χ0) is 13.0. The van der Waals surface area contributed by atoms with Gasteiger partial charge in [-0.05, 0) is 62.0 Å². The molecule has 100 valence electrons. The molecule has 0 amide bonds. The average Bonchev–Trinajstić information content (AvgIpc) is 2.78. The Morgan fingerprint density at radius 3 is 2.89 bits per heavy atom. The Labute approximate surface area is 118 Å². The van der Waals surface area contributed by atoms with Gasteiger partial charge in [-0.2, -0.15) is 0 Å². The maximum absolute atomic E-state index is 6.54. The van der Waals surface area contributed by atoms with Gasteiger partial charge in [-0.3, -0.25) is 0 Å². The topological polar surface area (TPSA) is 38.9 Å². The zero-order valence-corrected chi connectivity index (χ0v) is 12.3. The summed E-state index contributed by atoms with van der Waals surface area (Å²) in [6, 6.07) is 0. The minimum Gasteiger partial charge on any atom is -0.398 e. The van der Waals surface area contributed by atoms with Crippen LogP contribution >= 0.6 is 11.3 Å². The van der Waals surface area contributed by atoms with E-state index in [0.29, 0.717) is 0 Å². The van der Waals surface area contributed by atoms with Crippen molar-refractivity contribution in [3.63, 3.8) is 0 Å². The number of aryl methyl sites for hydroxylation is 3. The lowest BCUT2D eigenvalue weighted by molar-refractivity contribution is 0.496. The summed E-state index contributed by atoms with van der Waals surface area (Å²) >= 11 is 1.90. The molecule has 3 heteroatoms. The van der Waals surface area contributed by atoms with Crippen LogP contribution in [-0.2, 0) is 25.7 Å². The summed E-state index contributed by atoms with van der Waals surface area (Å²) in [5, 5.41) is 1.31. The maximum Gasteiger partial charge on any atom is 0.126 e. The van der Waals surface area contributed by atoms with Crippen molar-refractivity contribution in [1.29, 1.82) is 0 Å². The number of nitrogens with two attached hydrogens (primary N) is 1. The lowest BCUT2D eigenvalue weighted by Crippen LogP contribution is -2.15. The molecule has 1 atom stereocenters. The van der Waals surface area contributed by atoms with Gasteiger partial charge in [0.2, 0.25) is 0 Å². The molecule has 0 aliphatic heterocycles. The number of rotatable bonds is 0. The molecule has 0 fully saturated rings. The highest BCUT2D eigenvalue weighted by molar-refractivity contribution is 7.19. The van der Waals surface area contributed by atoms with Gasteiger partial charge in [-0.25, -0.2) is 4.98 Å². The second-order valence-corrected chi connectivity index (χ2v) is 7.27. The van der Waals surface area contributed by atoms with E-state index in [1.807, 2.05) is 11.3 Å². The van der Waals surface area contributed by atoms with Gasteiger partial charge in [-0.1, -0.05) is 6.92 Å². The van der Waals surface area contributed by atoms with Crippen LogP contribution in [0.3, 0.4) is 0 Å². The van der Waals surface area contributed by atoms with Crippen LogP contribution in [0.15, 0.2) is 0 Å². The van der Waals surface area contributed by atoms with Crippen LogP contribution < -0.4 is 5.73 Å². The predicted molar refractivity (Wildman–Crippen MR) is 81.9 cm³/mol. The molecular weight excluding hydrogens is 252 g/mol. The van der Waals surface area contributed by atoms with Crippen molar-refractivity contribution in [2.24, 2.45) is 5.92 Å². The van der Waals surface area contributed by atoms with Crippen molar-refractivity contribution in [2.45, 2.75) is 51.9 Å². The SMILES string of the molecule is C[C@@H]1CCc2nc3sc4c(c3c(N)c2C1)CCCC4. The van der Waals surface area contributed by atoms with Crippen LogP contribution in [0.2, 0.25) is 0 Å². The predicted octanol–water partition coefficient (Wildman–Crippen LogP) is 3.88. The summed E-state index contributed by atoms with van der Waals surface area (Å²) in [6.07, 6.45) is 8.57. The van der Waals surface area contributed by atoms with Gasteiger partial charge < -0.3 is 5.73 Å². The van der Waals surface area contributed by atoms with Crippen molar-refractivity contribution in [2.75, 3.05) is 5.73 Å². The molecule has 2 aliphatic carbocycles. The molecule has 2 N–H and O–H groups in total. The van der Waals surface area contributed by atoms with E-state index in [0.717, 1.165) is 24.4 Å². The molecule has 0 radical (unpaired) electrons. The molecule has 2 heterocycles. The van der Waals surface area contributed by atoms with E-state index in [1.165, 1.54) is 59.1 Å². The van der Waals surface area contributed by atoms with E-state index in [-0.39, 0.29) is 0 Å². The highest BCUT2D eigenvalue weighted by Gasteiger charge is 2.25. The minimum atomic E-state index is 0.753. The first-order chi connectivity index (χ1) is 9.24. The average molecular weight is 272 g/mol. The second kappa shape index (κ2) is 4.20. The number of nitrogens with zero attached hydrogens (tertiary/aromatic N) is 1. The number of fused-ring (bicyclic) bond motifs is 4. The molecule has 19 heavy (non-hydrogen) atoms. The molecule has 0 saturated carbocycles. The van der Waals surface area contributed by atoms with Crippen molar-refractivity contribution < 1.29 is 0 Å². The molecule has 0 spiro atoms. The van der Waals surface area contributed by atoms with E-state index in [9.17, 15) is 0 Å². The fourth-order valence-electron chi connectivity index (χ4n) is 3.67. The third-order valence-corrected chi connectivity index (χ3v) is 5.94. The molecule has 2 aromatic heterocycles. The number of pyridine rings is 1. The van der Waals surface area contributed by atoms with Gasteiger partial charge in [0.1, 0.15) is 4.83 Å². The molecule has 0 bridgehead atoms. The van der Waals surface area contributed by atoms with Crippen LogP contribution in [0.4, 0.5) is 5.69 Å². The van der Waals surface area contributed by atoms with Gasteiger partial charge in [0.05, 0.1) is 0 Å². The van der Waals surface area contributed by atoms with Crippen molar-refractivity contribution in [3.8, 4) is 0 Å². The summed E-state index contributed by atoms with van der Waals surface area (Å²) in [7, 11) is 0. The van der Waals surface area contributed by atoms with Crippen LogP contribution in [0.25, 0.3) is 10.2 Å². The van der Waals surface area contributed by atoms with Crippen LogP contribution in [0.5, 0.6) is 0 Å². The first kappa shape index (κ1) is 11.7. The van der Waals surface area contributed by atoms with E-state index >= 15 is 0 Å². The monoisotopic (exact) mass is 272 g/mol. The van der Waals surface area contributed by atoms with E-state index in [2.05, 4.69) is 6.92 Å². The number of hydrogen-bond acceptors (Lipinski definition) is 3. The Hall–Kier alpha value is -1.09. The van der Waals surface area contributed by atoms with Gasteiger partial charge in [0.25, 0.3) is 0 Å². The third kappa shape index (κ3) is 1.71. The Balaban J connectivity index is 1.99. The molecule has 2 aliphatic rings. The highest BCUT2D eigenvalue weighted by atomic mass is 32.1. The van der Waals surface area contributed by atoms with Crippen LogP contribution in [0.1, 0.15) is 47.9 Å². The van der Waals surface area contributed by atoms with Crippen molar-refractivity contribution >= 4 is 27.2 Å². The van der Waals surface area contributed by atoms with E-state index in [1.54, 1.807) is 4.88 Å². The van der Waals surface area contributed by atoms with E-state index < -0.39 is 0 Å².